The normalized spacial score (nSPS) is 12.5. The van der Waals surface area contributed by atoms with Crippen LogP contribution in [0.15, 0.2) is 53.4 Å². The topological polar surface area (TPSA) is 84.5 Å². The fourth-order valence-corrected chi connectivity index (χ4v) is 3.22. The number of hydrogen-bond acceptors (Lipinski definition) is 4. The van der Waals surface area contributed by atoms with Crippen LogP contribution in [0.3, 0.4) is 0 Å². The van der Waals surface area contributed by atoms with Crippen molar-refractivity contribution in [2.45, 2.75) is 17.9 Å². The number of benzene rings is 2. The molecule has 0 spiro atoms. The number of sulfonamides is 1. The Bertz CT molecular complexity index is 805. The van der Waals surface area contributed by atoms with Crippen LogP contribution >= 0.6 is 11.6 Å². The van der Waals surface area contributed by atoms with Crippen LogP contribution in [-0.2, 0) is 14.8 Å². The van der Waals surface area contributed by atoms with Gasteiger partial charge in [-0.15, -0.1) is 0 Å². The average molecular weight is 369 g/mol. The minimum Gasteiger partial charge on any atom is -0.497 e. The van der Waals surface area contributed by atoms with Crippen LogP contribution in [0.5, 0.6) is 5.75 Å². The van der Waals surface area contributed by atoms with E-state index in [1.165, 1.54) is 38.3 Å². The molecule has 0 saturated carbocycles. The second-order valence-electron chi connectivity index (χ2n) is 5.01. The van der Waals surface area contributed by atoms with E-state index in [2.05, 4.69) is 10.0 Å². The Morgan fingerprint density at radius 2 is 1.67 bits per heavy atom. The van der Waals surface area contributed by atoms with E-state index >= 15 is 0 Å². The lowest BCUT2D eigenvalue weighted by atomic mass is 10.3. The Balaban J connectivity index is 2.04. The zero-order valence-electron chi connectivity index (χ0n) is 13.1. The van der Waals surface area contributed by atoms with Gasteiger partial charge in [-0.3, -0.25) is 4.79 Å². The van der Waals surface area contributed by atoms with Gasteiger partial charge in [0.1, 0.15) is 5.75 Å². The van der Waals surface area contributed by atoms with Crippen LogP contribution in [0, 0.1) is 0 Å². The van der Waals surface area contributed by atoms with Gasteiger partial charge in [-0.2, -0.15) is 4.72 Å². The summed E-state index contributed by atoms with van der Waals surface area (Å²) >= 11 is 5.77. The van der Waals surface area contributed by atoms with E-state index in [0.717, 1.165) is 0 Å². The predicted octanol–water partition coefficient (Wildman–Crippen LogP) is 2.65. The molecular weight excluding hydrogens is 352 g/mol. The molecule has 2 aromatic rings. The molecule has 2 rings (SSSR count). The van der Waals surface area contributed by atoms with Crippen molar-refractivity contribution in [1.82, 2.24) is 4.72 Å². The third-order valence-electron chi connectivity index (χ3n) is 3.21. The molecule has 128 valence electrons. The summed E-state index contributed by atoms with van der Waals surface area (Å²) in [7, 11) is -2.33. The van der Waals surface area contributed by atoms with Gasteiger partial charge in [0.05, 0.1) is 18.0 Å². The first-order chi connectivity index (χ1) is 11.3. The Labute approximate surface area is 145 Å². The number of carbonyl (C=O) groups excluding carboxylic acids is 1. The van der Waals surface area contributed by atoms with E-state index in [0.29, 0.717) is 16.5 Å². The number of anilines is 1. The standard InChI is InChI=1S/C16H17ClN2O4S/c1-11(16(20)18-13-5-3-12(17)4-6-13)19-24(21,22)15-9-7-14(23-2)8-10-15/h3-11,19H,1-2H3,(H,18,20)/t11-/m1/s1. The van der Waals surface area contributed by atoms with E-state index in [1.54, 1.807) is 24.3 Å². The molecule has 0 aliphatic rings. The highest BCUT2D eigenvalue weighted by molar-refractivity contribution is 7.89. The smallest absolute Gasteiger partial charge is 0.242 e. The highest BCUT2D eigenvalue weighted by Crippen LogP contribution is 2.16. The minimum absolute atomic E-state index is 0.0504. The molecule has 0 radical (unpaired) electrons. The number of amides is 1. The number of halogens is 1. The largest absolute Gasteiger partial charge is 0.497 e. The molecule has 0 bridgehead atoms. The molecule has 24 heavy (non-hydrogen) atoms. The molecule has 1 amide bonds. The summed E-state index contributed by atoms with van der Waals surface area (Å²) in [6.45, 7) is 1.46. The van der Waals surface area contributed by atoms with E-state index in [9.17, 15) is 13.2 Å². The maximum absolute atomic E-state index is 12.3. The van der Waals surface area contributed by atoms with Crippen molar-refractivity contribution < 1.29 is 17.9 Å². The van der Waals surface area contributed by atoms with Gasteiger partial charge in [0.25, 0.3) is 0 Å². The van der Waals surface area contributed by atoms with Gasteiger partial charge in [-0.05, 0) is 55.5 Å². The number of carbonyl (C=O) groups is 1. The van der Waals surface area contributed by atoms with Gasteiger partial charge in [-0.25, -0.2) is 8.42 Å². The van der Waals surface area contributed by atoms with Crippen molar-refractivity contribution >= 4 is 33.2 Å². The molecule has 0 saturated heterocycles. The van der Waals surface area contributed by atoms with Gasteiger partial charge in [0, 0.05) is 10.7 Å². The van der Waals surface area contributed by atoms with Gasteiger partial charge < -0.3 is 10.1 Å². The van der Waals surface area contributed by atoms with Gasteiger partial charge in [0.2, 0.25) is 15.9 Å². The highest BCUT2D eigenvalue weighted by atomic mass is 35.5. The predicted molar refractivity (Wildman–Crippen MR) is 92.9 cm³/mol. The summed E-state index contributed by atoms with van der Waals surface area (Å²) in [5.41, 5.74) is 0.528. The summed E-state index contributed by atoms with van der Waals surface area (Å²) in [6.07, 6.45) is 0. The Morgan fingerprint density at radius 3 is 2.21 bits per heavy atom. The van der Waals surface area contributed by atoms with Gasteiger partial charge in [-0.1, -0.05) is 11.6 Å². The number of ether oxygens (including phenoxy) is 1. The summed E-state index contributed by atoms with van der Waals surface area (Å²) in [6, 6.07) is 11.5. The first kappa shape index (κ1) is 18.3. The van der Waals surface area contributed by atoms with Crippen LogP contribution < -0.4 is 14.8 Å². The first-order valence-electron chi connectivity index (χ1n) is 7.04. The zero-order chi connectivity index (χ0) is 17.7. The Hall–Kier alpha value is -2.09. The molecule has 2 N–H and O–H groups in total. The quantitative estimate of drug-likeness (QED) is 0.820. The number of rotatable bonds is 6. The average Bonchev–Trinajstić information content (AvgIpc) is 2.56. The van der Waals surface area contributed by atoms with Crippen molar-refractivity contribution in [3.63, 3.8) is 0 Å². The zero-order valence-corrected chi connectivity index (χ0v) is 14.7. The SMILES string of the molecule is COc1ccc(S(=O)(=O)N[C@H](C)C(=O)Nc2ccc(Cl)cc2)cc1. The molecule has 0 aliphatic carbocycles. The second-order valence-corrected chi connectivity index (χ2v) is 7.17. The lowest BCUT2D eigenvalue weighted by Gasteiger charge is -2.14. The van der Waals surface area contributed by atoms with E-state index < -0.39 is 22.0 Å². The molecule has 0 fully saturated rings. The first-order valence-corrected chi connectivity index (χ1v) is 8.91. The fraction of sp³-hybridized carbons (Fsp3) is 0.188. The molecule has 2 aromatic carbocycles. The van der Waals surface area contributed by atoms with Crippen molar-refractivity contribution in [3.8, 4) is 5.75 Å². The summed E-state index contributed by atoms with van der Waals surface area (Å²) in [5.74, 6) is 0.0666. The van der Waals surface area contributed by atoms with Crippen molar-refractivity contribution in [2.75, 3.05) is 12.4 Å². The van der Waals surface area contributed by atoms with Crippen LogP contribution in [0.2, 0.25) is 5.02 Å². The fourth-order valence-electron chi connectivity index (χ4n) is 1.89. The van der Waals surface area contributed by atoms with E-state index in [1.807, 2.05) is 0 Å². The van der Waals surface area contributed by atoms with Gasteiger partial charge >= 0.3 is 0 Å². The molecule has 1 atom stereocenters. The third-order valence-corrected chi connectivity index (χ3v) is 5.02. The van der Waals surface area contributed by atoms with Crippen molar-refractivity contribution in [1.29, 1.82) is 0 Å². The Kier molecular flexibility index (Phi) is 5.82. The molecule has 0 aromatic heterocycles. The molecule has 0 unspecified atom stereocenters. The number of methoxy groups -OCH3 is 1. The number of nitrogens with one attached hydrogen (secondary N) is 2. The number of hydrogen-bond donors (Lipinski definition) is 2. The van der Waals surface area contributed by atoms with Crippen LogP contribution in [-0.4, -0.2) is 27.5 Å². The van der Waals surface area contributed by atoms with Crippen LogP contribution in [0.1, 0.15) is 6.92 Å². The maximum atomic E-state index is 12.3. The molecular formula is C16H17ClN2O4S. The lowest BCUT2D eigenvalue weighted by molar-refractivity contribution is -0.117. The molecule has 0 aliphatic heterocycles. The molecule has 0 heterocycles. The third kappa shape index (κ3) is 4.70. The van der Waals surface area contributed by atoms with E-state index in [-0.39, 0.29) is 4.90 Å². The summed E-state index contributed by atoms with van der Waals surface area (Å²) in [4.78, 5) is 12.2. The Morgan fingerprint density at radius 1 is 1.08 bits per heavy atom. The lowest BCUT2D eigenvalue weighted by Crippen LogP contribution is -2.41. The second kappa shape index (κ2) is 7.65. The minimum atomic E-state index is -3.82. The van der Waals surface area contributed by atoms with Crippen molar-refractivity contribution in [2.24, 2.45) is 0 Å². The molecule has 8 heteroatoms. The summed E-state index contributed by atoms with van der Waals surface area (Å²) in [5, 5.41) is 3.16. The van der Waals surface area contributed by atoms with Gasteiger partial charge in [0.15, 0.2) is 0 Å². The highest BCUT2D eigenvalue weighted by Gasteiger charge is 2.22. The molecule has 6 nitrogen and oxygen atoms in total. The van der Waals surface area contributed by atoms with Crippen LogP contribution in [0.25, 0.3) is 0 Å². The van der Waals surface area contributed by atoms with Crippen LogP contribution in [0.4, 0.5) is 5.69 Å². The summed E-state index contributed by atoms with van der Waals surface area (Å²) < 4.78 is 31.9. The monoisotopic (exact) mass is 368 g/mol. The van der Waals surface area contributed by atoms with Crippen molar-refractivity contribution in [3.05, 3.63) is 53.6 Å². The maximum Gasteiger partial charge on any atom is 0.242 e. The van der Waals surface area contributed by atoms with E-state index in [4.69, 9.17) is 16.3 Å².